The summed E-state index contributed by atoms with van der Waals surface area (Å²) in [5, 5.41) is 12.3. The number of carboxylic acids is 1. The van der Waals surface area contributed by atoms with Crippen LogP contribution in [0.2, 0.25) is 0 Å². The van der Waals surface area contributed by atoms with Gasteiger partial charge in [0.2, 0.25) is 0 Å². The summed E-state index contributed by atoms with van der Waals surface area (Å²) in [5.41, 5.74) is -0.373. The van der Waals surface area contributed by atoms with Crippen LogP contribution in [0.25, 0.3) is 0 Å². The third-order valence-electron chi connectivity index (χ3n) is 1.71. The number of hydrogen-bond acceptors (Lipinski definition) is 3. The number of carbonyl (C=O) groups is 1. The van der Waals surface area contributed by atoms with Crippen LogP contribution in [0.4, 0.5) is 0 Å². The molecule has 1 aromatic rings. The zero-order valence-corrected chi connectivity index (χ0v) is 7.52. The minimum absolute atomic E-state index is 0.373. The maximum absolute atomic E-state index is 11.4. The molecule has 1 rings (SSSR count). The molecule has 1 aromatic heterocycles. The number of hydrogen-bond donors (Lipinski definition) is 1. The van der Waals surface area contributed by atoms with E-state index in [1.807, 2.05) is 0 Å². The Morgan fingerprint density at radius 2 is 2.23 bits per heavy atom. The Balaban J connectivity index is 3.11. The monoisotopic (exact) mass is 185 g/mol. The van der Waals surface area contributed by atoms with E-state index in [9.17, 15) is 9.59 Å². The summed E-state index contributed by atoms with van der Waals surface area (Å²) in [6.45, 7) is 3.60. The number of carboxylic acid groups (broad SMARTS) is 1. The molecule has 0 aliphatic rings. The van der Waals surface area contributed by atoms with Crippen molar-refractivity contribution in [2.45, 2.75) is 26.9 Å². The number of aromatic nitrogens is 3. The first-order valence-corrected chi connectivity index (χ1v) is 3.92. The van der Waals surface area contributed by atoms with Gasteiger partial charge in [0.05, 0.1) is 0 Å². The van der Waals surface area contributed by atoms with Gasteiger partial charge >= 0.3 is 11.7 Å². The molecule has 0 atom stereocenters. The molecule has 72 valence electrons. The van der Waals surface area contributed by atoms with E-state index < -0.39 is 5.97 Å². The average Bonchev–Trinajstić information content (AvgIpc) is 2.26. The molecule has 0 radical (unpaired) electrons. The Kier molecular flexibility index (Phi) is 2.50. The second-order valence-electron chi connectivity index (χ2n) is 2.63. The zero-order chi connectivity index (χ0) is 10.0. The van der Waals surface area contributed by atoms with Gasteiger partial charge < -0.3 is 5.11 Å². The number of aryl methyl sites for hydroxylation is 1. The lowest BCUT2D eigenvalue weighted by atomic mass is 10.6. The van der Waals surface area contributed by atoms with Crippen LogP contribution in [0, 0.1) is 6.92 Å². The van der Waals surface area contributed by atoms with Crippen LogP contribution in [0.15, 0.2) is 4.79 Å². The fourth-order valence-electron chi connectivity index (χ4n) is 1.14. The molecule has 0 amide bonds. The van der Waals surface area contributed by atoms with Gasteiger partial charge in [-0.25, -0.2) is 9.48 Å². The first-order chi connectivity index (χ1) is 6.06. The standard InChI is InChI=1S/C7H11N3O3/c1-3-9-5(2)8-10(7(9)13)4-6(11)12/h3-4H2,1-2H3,(H,11,12). The zero-order valence-electron chi connectivity index (χ0n) is 7.52. The Bertz CT molecular complexity index is 377. The molecule has 0 aromatic carbocycles. The van der Waals surface area contributed by atoms with Crippen molar-refractivity contribution in [1.82, 2.24) is 14.3 Å². The van der Waals surface area contributed by atoms with Crippen LogP contribution in [-0.4, -0.2) is 25.4 Å². The highest BCUT2D eigenvalue weighted by Crippen LogP contribution is 1.89. The van der Waals surface area contributed by atoms with Crippen LogP contribution in [0.3, 0.4) is 0 Å². The molecule has 0 unspecified atom stereocenters. The van der Waals surface area contributed by atoms with Gasteiger partial charge in [0.15, 0.2) is 0 Å². The van der Waals surface area contributed by atoms with Gasteiger partial charge in [-0.05, 0) is 13.8 Å². The first-order valence-electron chi connectivity index (χ1n) is 3.92. The van der Waals surface area contributed by atoms with Crippen molar-refractivity contribution < 1.29 is 9.90 Å². The molecule has 1 N–H and O–H groups in total. The Morgan fingerprint density at radius 3 is 2.62 bits per heavy atom. The van der Waals surface area contributed by atoms with Crippen molar-refractivity contribution in [2.24, 2.45) is 0 Å². The molecular formula is C7H11N3O3. The lowest BCUT2D eigenvalue weighted by Gasteiger charge is -1.93. The summed E-state index contributed by atoms with van der Waals surface area (Å²) in [7, 11) is 0. The van der Waals surface area contributed by atoms with E-state index in [0.29, 0.717) is 12.4 Å². The number of nitrogens with zero attached hydrogens (tertiary/aromatic N) is 3. The van der Waals surface area contributed by atoms with Crippen molar-refractivity contribution in [3.63, 3.8) is 0 Å². The summed E-state index contributed by atoms with van der Waals surface area (Å²) in [6.07, 6.45) is 0. The predicted molar refractivity (Wildman–Crippen MR) is 44.5 cm³/mol. The quantitative estimate of drug-likeness (QED) is 0.685. The SMILES string of the molecule is CCn1c(C)nn(CC(=O)O)c1=O. The van der Waals surface area contributed by atoms with Gasteiger partial charge in [-0.3, -0.25) is 9.36 Å². The summed E-state index contributed by atoms with van der Waals surface area (Å²) < 4.78 is 2.37. The lowest BCUT2D eigenvalue weighted by Crippen LogP contribution is -2.27. The third-order valence-corrected chi connectivity index (χ3v) is 1.71. The summed E-state index contributed by atoms with van der Waals surface area (Å²) in [5.74, 6) is -0.531. The number of rotatable bonds is 3. The molecule has 1 heterocycles. The molecule has 13 heavy (non-hydrogen) atoms. The van der Waals surface area contributed by atoms with E-state index in [-0.39, 0.29) is 12.2 Å². The predicted octanol–water partition coefficient (Wildman–Crippen LogP) is -0.542. The van der Waals surface area contributed by atoms with E-state index in [0.717, 1.165) is 4.68 Å². The molecule has 6 heteroatoms. The largest absolute Gasteiger partial charge is 0.480 e. The molecule has 0 aliphatic carbocycles. The lowest BCUT2D eigenvalue weighted by molar-refractivity contribution is -0.137. The summed E-state index contributed by atoms with van der Waals surface area (Å²) >= 11 is 0. The van der Waals surface area contributed by atoms with Crippen molar-refractivity contribution in [3.05, 3.63) is 16.3 Å². The van der Waals surface area contributed by atoms with Crippen molar-refractivity contribution >= 4 is 5.97 Å². The van der Waals surface area contributed by atoms with Gasteiger partial charge in [0.1, 0.15) is 12.4 Å². The van der Waals surface area contributed by atoms with Gasteiger partial charge in [0.25, 0.3) is 0 Å². The van der Waals surface area contributed by atoms with E-state index in [1.54, 1.807) is 13.8 Å². The molecule has 0 aliphatic heterocycles. The van der Waals surface area contributed by atoms with Crippen LogP contribution < -0.4 is 5.69 Å². The van der Waals surface area contributed by atoms with E-state index in [1.165, 1.54) is 4.57 Å². The van der Waals surface area contributed by atoms with E-state index in [4.69, 9.17) is 5.11 Å². The second kappa shape index (κ2) is 3.42. The normalized spacial score (nSPS) is 10.3. The average molecular weight is 185 g/mol. The minimum Gasteiger partial charge on any atom is -0.480 e. The van der Waals surface area contributed by atoms with Crippen molar-refractivity contribution in [3.8, 4) is 0 Å². The minimum atomic E-state index is -1.07. The maximum Gasteiger partial charge on any atom is 0.346 e. The first kappa shape index (κ1) is 9.50. The topological polar surface area (TPSA) is 77.1 Å². The molecular weight excluding hydrogens is 174 g/mol. The van der Waals surface area contributed by atoms with Crippen LogP contribution in [0.1, 0.15) is 12.7 Å². The fraction of sp³-hybridized carbons (Fsp3) is 0.571. The summed E-state index contributed by atoms with van der Waals surface area (Å²) in [6, 6.07) is 0. The maximum atomic E-state index is 11.4. The molecule has 0 fully saturated rings. The van der Waals surface area contributed by atoms with Crippen molar-refractivity contribution in [2.75, 3.05) is 0 Å². The van der Waals surface area contributed by atoms with Crippen LogP contribution >= 0.6 is 0 Å². The smallest absolute Gasteiger partial charge is 0.346 e. The molecule has 6 nitrogen and oxygen atoms in total. The molecule has 0 spiro atoms. The highest BCUT2D eigenvalue weighted by atomic mass is 16.4. The molecule has 0 saturated heterocycles. The number of aliphatic carboxylic acids is 1. The molecule has 0 bridgehead atoms. The highest BCUT2D eigenvalue weighted by Gasteiger charge is 2.10. The summed E-state index contributed by atoms with van der Waals surface area (Å²) in [4.78, 5) is 21.7. The van der Waals surface area contributed by atoms with Gasteiger partial charge in [-0.15, -0.1) is 0 Å². The fourth-order valence-corrected chi connectivity index (χ4v) is 1.14. The Labute approximate surface area is 74.4 Å². The van der Waals surface area contributed by atoms with Crippen molar-refractivity contribution in [1.29, 1.82) is 0 Å². The third kappa shape index (κ3) is 1.77. The second-order valence-corrected chi connectivity index (χ2v) is 2.63. The van der Waals surface area contributed by atoms with E-state index >= 15 is 0 Å². The molecule has 0 saturated carbocycles. The van der Waals surface area contributed by atoms with Gasteiger partial charge in [0, 0.05) is 6.54 Å². The van der Waals surface area contributed by atoms with Crippen LogP contribution in [0.5, 0.6) is 0 Å². The van der Waals surface area contributed by atoms with Gasteiger partial charge in [-0.1, -0.05) is 0 Å². The van der Waals surface area contributed by atoms with E-state index in [2.05, 4.69) is 5.10 Å². The Morgan fingerprint density at radius 1 is 1.62 bits per heavy atom. The highest BCUT2D eigenvalue weighted by molar-refractivity contribution is 5.66. The van der Waals surface area contributed by atoms with Crippen LogP contribution in [-0.2, 0) is 17.9 Å². The van der Waals surface area contributed by atoms with Gasteiger partial charge in [-0.2, -0.15) is 5.10 Å². The Hall–Kier alpha value is -1.59.